The Morgan fingerprint density at radius 3 is 2.57 bits per heavy atom. The number of benzene rings is 2. The van der Waals surface area contributed by atoms with Crippen molar-refractivity contribution in [2.24, 2.45) is 0 Å². The molecule has 0 spiro atoms. The van der Waals surface area contributed by atoms with E-state index in [0.29, 0.717) is 17.9 Å². The van der Waals surface area contributed by atoms with Gasteiger partial charge < -0.3 is 10.6 Å². The number of nitrogens with one attached hydrogen (secondary N) is 2. The molecule has 0 aliphatic rings. The van der Waals surface area contributed by atoms with E-state index in [1.54, 1.807) is 18.2 Å². The number of hydrogen-bond acceptors (Lipinski definition) is 4. The fourth-order valence-electron chi connectivity index (χ4n) is 2.05. The lowest BCUT2D eigenvalue weighted by Crippen LogP contribution is -2.04. The maximum atomic E-state index is 11.4. The molecule has 0 saturated carbocycles. The number of nitro benzene ring substituents is 1. The number of halogens is 1. The zero-order valence-corrected chi connectivity index (χ0v) is 13.4. The van der Waals surface area contributed by atoms with Gasteiger partial charge in [-0.05, 0) is 59.6 Å². The lowest BCUT2D eigenvalue weighted by molar-refractivity contribution is -0.383. The molecular formula is C15H16BrN3O2. The van der Waals surface area contributed by atoms with Crippen LogP contribution in [0.15, 0.2) is 40.9 Å². The largest absolute Gasteiger partial charge is 0.380 e. The van der Waals surface area contributed by atoms with Crippen molar-refractivity contribution < 1.29 is 4.92 Å². The molecule has 2 N–H and O–H groups in total. The predicted molar refractivity (Wildman–Crippen MR) is 89.4 cm³/mol. The molecule has 6 heteroatoms. The molecule has 0 unspecified atom stereocenters. The summed E-state index contributed by atoms with van der Waals surface area (Å²) >= 11 is 3.45. The smallest absolute Gasteiger partial charge is 0.315 e. The van der Waals surface area contributed by atoms with Crippen LogP contribution in [0.5, 0.6) is 0 Å². The minimum Gasteiger partial charge on any atom is -0.380 e. The van der Waals surface area contributed by atoms with Gasteiger partial charge in [-0.3, -0.25) is 10.1 Å². The van der Waals surface area contributed by atoms with Crippen molar-refractivity contribution in [1.82, 2.24) is 0 Å². The maximum absolute atomic E-state index is 11.4. The van der Waals surface area contributed by atoms with E-state index in [1.165, 1.54) is 0 Å². The van der Waals surface area contributed by atoms with E-state index < -0.39 is 0 Å². The van der Waals surface area contributed by atoms with E-state index in [2.05, 4.69) is 26.6 Å². The maximum Gasteiger partial charge on any atom is 0.315 e. The minimum atomic E-state index is -0.371. The van der Waals surface area contributed by atoms with Gasteiger partial charge in [0.1, 0.15) is 11.4 Å². The fourth-order valence-corrected chi connectivity index (χ4v) is 2.40. The molecule has 0 atom stereocenters. The highest BCUT2D eigenvalue weighted by Crippen LogP contribution is 2.36. The molecular weight excluding hydrogens is 334 g/mol. The molecule has 2 rings (SSSR count). The third-order valence-electron chi connectivity index (χ3n) is 2.98. The van der Waals surface area contributed by atoms with Crippen molar-refractivity contribution in [1.29, 1.82) is 0 Å². The van der Waals surface area contributed by atoms with Gasteiger partial charge in [-0.15, -0.1) is 0 Å². The van der Waals surface area contributed by atoms with E-state index in [9.17, 15) is 10.1 Å². The standard InChI is InChI=1S/C15H16BrN3O2/c1-3-17-12-5-4-6-13(15(12)19(20)21)18-14-9-10(2)7-8-11(14)16/h4-9,17-18H,3H2,1-2H3. The van der Waals surface area contributed by atoms with Crippen molar-refractivity contribution >= 4 is 38.7 Å². The molecule has 21 heavy (non-hydrogen) atoms. The lowest BCUT2D eigenvalue weighted by Gasteiger charge is -2.12. The topological polar surface area (TPSA) is 67.2 Å². The predicted octanol–water partition coefficient (Wildman–Crippen LogP) is 4.84. The van der Waals surface area contributed by atoms with E-state index in [1.807, 2.05) is 32.0 Å². The molecule has 0 saturated heterocycles. The molecule has 0 fully saturated rings. The zero-order chi connectivity index (χ0) is 15.4. The Bertz CT molecular complexity index is 674. The van der Waals surface area contributed by atoms with Crippen LogP contribution >= 0.6 is 15.9 Å². The molecule has 0 radical (unpaired) electrons. The van der Waals surface area contributed by atoms with Crippen LogP contribution in [0.3, 0.4) is 0 Å². The Morgan fingerprint density at radius 1 is 1.19 bits per heavy atom. The molecule has 0 bridgehead atoms. The first-order valence-corrected chi connectivity index (χ1v) is 7.36. The molecule has 0 aliphatic carbocycles. The Balaban J connectivity index is 2.46. The van der Waals surface area contributed by atoms with Gasteiger partial charge in [0.25, 0.3) is 0 Å². The molecule has 5 nitrogen and oxygen atoms in total. The summed E-state index contributed by atoms with van der Waals surface area (Å²) in [5, 5.41) is 17.5. The average Bonchev–Trinajstić information content (AvgIpc) is 2.43. The highest BCUT2D eigenvalue weighted by Gasteiger charge is 2.19. The normalized spacial score (nSPS) is 10.2. The highest BCUT2D eigenvalue weighted by atomic mass is 79.9. The van der Waals surface area contributed by atoms with Crippen molar-refractivity contribution in [3.63, 3.8) is 0 Å². The molecule has 2 aromatic rings. The van der Waals surface area contributed by atoms with Crippen LogP contribution in [-0.4, -0.2) is 11.5 Å². The third kappa shape index (κ3) is 3.52. The quantitative estimate of drug-likeness (QED) is 0.598. The number of nitrogens with zero attached hydrogens (tertiary/aromatic N) is 1. The van der Waals surface area contributed by atoms with Crippen molar-refractivity contribution in [3.8, 4) is 0 Å². The van der Waals surface area contributed by atoms with Gasteiger partial charge in [0.05, 0.1) is 10.6 Å². The number of nitro groups is 1. The Kier molecular flexibility index (Phi) is 4.80. The molecule has 0 aliphatic heterocycles. The molecule has 2 aromatic carbocycles. The Labute approximate surface area is 131 Å². The first kappa shape index (κ1) is 15.3. The SMILES string of the molecule is CCNc1cccc(Nc2cc(C)ccc2Br)c1[N+](=O)[O-]. The van der Waals surface area contributed by atoms with E-state index >= 15 is 0 Å². The van der Waals surface area contributed by atoms with Crippen LogP contribution in [0.1, 0.15) is 12.5 Å². The van der Waals surface area contributed by atoms with Crippen molar-refractivity contribution in [2.45, 2.75) is 13.8 Å². The Morgan fingerprint density at radius 2 is 1.90 bits per heavy atom. The molecule has 0 aromatic heterocycles. The second-order valence-corrected chi connectivity index (χ2v) is 5.45. The first-order valence-electron chi connectivity index (χ1n) is 6.57. The van der Waals surface area contributed by atoms with Crippen molar-refractivity contribution in [2.75, 3.05) is 17.2 Å². The van der Waals surface area contributed by atoms with Gasteiger partial charge in [-0.25, -0.2) is 0 Å². The van der Waals surface area contributed by atoms with Gasteiger partial charge >= 0.3 is 5.69 Å². The number of hydrogen-bond donors (Lipinski definition) is 2. The van der Waals surface area contributed by atoms with E-state index in [0.717, 1.165) is 15.7 Å². The van der Waals surface area contributed by atoms with E-state index in [-0.39, 0.29) is 10.6 Å². The molecule has 0 amide bonds. The number of anilines is 3. The summed E-state index contributed by atoms with van der Waals surface area (Å²) < 4.78 is 0.858. The van der Waals surface area contributed by atoms with Crippen LogP contribution in [-0.2, 0) is 0 Å². The van der Waals surface area contributed by atoms with Crippen LogP contribution in [0, 0.1) is 17.0 Å². The van der Waals surface area contributed by atoms with Crippen LogP contribution < -0.4 is 10.6 Å². The lowest BCUT2D eigenvalue weighted by atomic mass is 10.2. The summed E-state index contributed by atoms with van der Waals surface area (Å²) in [6.07, 6.45) is 0. The second kappa shape index (κ2) is 6.58. The van der Waals surface area contributed by atoms with Gasteiger partial charge in [-0.2, -0.15) is 0 Å². The van der Waals surface area contributed by atoms with Gasteiger partial charge in [0.15, 0.2) is 0 Å². The number of rotatable bonds is 5. The molecule has 0 heterocycles. The summed E-state index contributed by atoms with van der Waals surface area (Å²) in [6.45, 7) is 4.50. The monoisotopic (exact) mass is 349 g/mol. The number of aryl methyl sites for hydroxylation is 1. The minimum absolute atomic E-state index is 0.0488. The third-order valence-corrected chi connectivity index (χ3v) is 3.67. The van der Waals surface area contributed by atoms with Crippen LogP contribution in [0.4, 0.5) is 22.7 Å². The van der Waals surface area contributed by atoms with Crippen LogP contribution in [0.25, 0.3) is 0 Å². The van der Waals surface area contributed by atoms with Crippen molar-refractivity contribution in [3.05, 3.63) is 56.5 Å². The summed E-state index contributed by atoms with van der Waals surface area (Å²) in [4.78, 5) is 11.0. The summed E-state index contributed by atoms with van der Waals surface area (Å²) in [7, 11) is 0. The number of para-hydroxylation sites is 1. The van der Waals surface area contributed by atoms with Gasteiger partial charge in [-0.1, -0.05) is 12.1 Å². The fraction of sp³-hybridized carbons (Fsp3) is 0.200. The molecule has 110 valence electrons. The highest BCUT2D eigenvalue weighted by molar-refractivity contribution is 9.10. The van der Waals surface area contributed by atoms with Gasteiger partial charge in [0, 0.05) is 11.0 Å². The average molecular weight is 350 g/mol. The van der Waals surface area contributed by atoms with Gasteiger partial charge in [0.2, 0.25) is 0 Å². The zero-order valence-electron chi connectivity index (χ0n) is 11.8. The summed E-state index contributed by atoms with van der Waals surface area (Å²) in [5.41, 5.74) is 2.90. The van der Waals surface area contributed by atoms with Crippen LogP contribution in [0.2, 0.25) is 0 Å². The summed E-state index contributed by atoms with van der Waals surface area (Å²) in [5.74, 6) is 0. The first-order chi connectivity index (χ1) is 10.0. The summed E-state index contributed by atoms with van der Waals surface area (Å²) in [6, 6.07) is 11.0. The second-order valence-electron chi connectivity index (χ2n) is 4.60. The van der Waals surface area contributed by atoms with E-state index in [4.69, 9.17) is 0 Å². The Hall–Kier alpha value is -2.08.